The van der Waals surface area contributed by atoms with Crippen LogP contribution < -0.4 is 0 Å². The van der Waals surface area contributed by atoms with E-state index in [0.717, 1.165) is 12.8 Å². The van der Waals surface area contributed by atoms with Gasteiger partial charge in [-0.05, 0) is 0 Å². The number of unbranched alkanes of at least 4 members (excludes halogenated alkanes) is 5. The molecule has 0 aromatic heterocycles. The SMILES string of the molecule is CCCCCC.[CH2-]CCC[CH2-].[CH3-].[H-].[Mg+2].[Mg+2]. The van der Waals surface area contributed by atoms with Crippen LogP contribution in [0.5, 0.6) is 0 Å². The van der Waals surface area contributed by atoms with Crippen LogP contribution >= 0.6 is 0 Å². The first-order chi connectivity index (χ1) is 5.33. The van der Waals surface area contributed by atoms with E-state index in [1.807, 2.05) is 0 Å². The van der Waals surface area contributed by atoms with Crippen LogP contribution in [0, 0.1) is 21.3 Å². The third-order valence-electron chi connectivity index (χ3n) is 1.46. The summed E-state index contributed by atoms with van der Waals surface area (Å²) in [5.41, 5.74) is 0. The van der Waals surface area contributed by atoms with Crippen LogP contribution in [0.25, 0.3) is 0 Å². The van der Waals surface area contributed by atoms with E-state index >= 15 is 0 Å². The third kappa shape index (κ3) is 49.8. The fourth-order valence-electron chi connectivity index (χ4n) is 0.677. The van der Waals surface area contributed by atoms with Crippen LogP contribution in [-0.2, 0) is 0 Å². The average Bonchev–Trinajstić information content (AvgIpc) is 2.04. The average molecular weight is 221 g/mol. The van der Waals surface area contributed by atoms with Crippen molar-refractivity contribution in [2.45, 2.75) is 58.8 Å². The molecule has 0 bridgehead atoms. The summed E-state index contributed by atoms with van der Waals surface area (Å²) in [6, 6.07) is 0. The zero-order chi connectivity index (χ0) is 8.95. The second-order valence-electron chi connectivity index (χ2n) is 2.77. The fraction of sp³-hybridized carbons (Fsp3) is 0.750. The first-order valence-electron chi connectivity index (χ1n) is 4.91. The minimum atomic E-state index is 0. The number of rotatable bonds is 5. The van der Waals surface area contributed by atoms with E-state index < -0.39 is 0 Å². The molecule has 0 aromatic rings. The summed E-state index contributed by atoms with van der Waals surface area (Å²) < 4.78 is 0. The second kappa shape index (κ2) is 36.6. The summed E-state index contributed by atoms with van der Waals surface area (Å²) in [6.07, 6.45) is 8.77. The molecular formula is C12H28Mg2. The van der Waals surface area contributed by atoms with Gasteiger partial charge in [0.25, 0.3) is 0 Å². The Hall–Kier alpha value is 1.53. The normalized spacial score (nSPS) is 6.86. The van der Waals surface area contributed by atoms with Gasteiger partial charge in [0.2, 0.25) is 0 Å². The molecule has 0 amide bonds. The molecule has 0 spiro atoms. The Balaban J connectivity index is -0.0000000215. The second-order valence-corrected chi connectivity index (χ2v) is 2.77. The molecule has 0 aliphatic rings. The molecule has 0 aliphatic carbocycles. The first kappa shape index (κ1) is 29.6. The third-order valence-corrected chi connectivity index (χ3v) is 1.46. The summed E-state index contributed by atoms with van der Waals surface area (Å²) >= 11 is 0. The van der Waals surface area contributed by atoms with Crippen molar-refractivity contribution in [2.75, 3.05) is 0 Å². The van der Waals surface area contributed by atoms with E-state index in [4.69, 9.17) is 0 Å². The molecule has 80 valence electrons. The molecule has 0 unspecified atom stereocenters. The standard InChI is InChI=1S/C6H14.C5H10.CH3.2Mg.H/c1-3-5-6-4-2;1-3-5-4-2;;;;/h3-6H2,1-2H3;1-5H2;1H3;;;/q;-2;-1;2*+2;-1. The summed E-state index contributed by atoms with van der Waals surface area (Å²) in [5.74, 6) is 0. The van der Waals surface area contributed by atoms with Gasteiger partial charge in [-0.3, -0.25) is 0 Å². The summed E-state index contributed by atoms with van der Waals surface area (Å²) in [7, 11) is 0. The molecule has 0 rings (SSSR count). The van der Waals surface area contributed by atoms with Crippen molar-refractivity contribution in [3.05, 3.63) is 21.3 Å². The predicted octanol–water partition coefficient (Wildman–Crippen LogP) is 4.21. The molecular weight excluding hydrogens is 193 g/mol. The van der Waals surface area contributed by atoms with Crippen molar-refractivity contribution in [3.8, 4) is 0 Å². The largest absolute Gasteiger partial charge is 2.00 e. The maximum Gasteiger partial charge on any atom is 2.00 e. The molecule has 0 heterocycles. The maximum atomic E-state index is 3.64. The monoisotopic (exact) mass is 220 g/mol. The van der Waals surface area contributed by atoms with Crippen LogP contribution in [0.3, 0.4) is 0 Å². The van der Waals surface area contributed by atoms with E-state index in [-0.39, 0.29) is 55.0 Å². The number of hydrogen-bond acceptors (Lipinski definition) is 0. The van der Waals surface area contributed by atoms with Gasteiger partial charge >= 0.3 is 46.1 Å². The first-order valence-corrected chi connectivity index (χ1v) is 4.91. The Labute approximate surface area is 127 Å². The predicted molar refractivity (Wildman–Crippen MR) is 73.4 cm³/mol. The molecule has 0 atom stereocenters. The van der Waals surface area contributed by atoms with E-state index in [0.29, 0.717) is 0 Å². The van der Waals surface area contributed by atoms with Gasteiger partial charge < -0.3 is 22.7 Å². The molecule has 2 heteroatoms. The van der Waals surface area contributed by atoms with Gasteiger partial charge in [-0.15, -0.1) is 6.42 Å². The van der Waals surface area contributed by atoms with Gasteiger partial charge in [-0.1, -0.05) is 39.5 Å². The Kier molecular flexibility index (Phi) is 77.2. The van der Waals surface area contributed by atoms with Crippen LogP contribution in [0.2, 0.25) is 0 Å². The maximum absolute atomic E-state index is 3.64. The molecule has 14 heavy (non-hydrogen) atoms. The summed E-state index contributed by atoms with van der Waals surface area (Å²) in [5, 5.41) is 0. The van der Waals surface area contributed by atoms with E-state index in [1.54, 1.807) is 0 Å². The smallest absolute Gasteiger partial charge is 1.00 e. The summed E-state index contributed by atoms with van der Waals surface area (Å²) in [6.45, 7) is 11.7. The van der Waals surface area contributed by atoms with Crippen molar-refractivity contribution >= 4 is 46.1 Å². The molecule has 0 N–H and O–H groups in total. The fourth-order valence-corrected chi connectivity index (χ4v) is 0.677. The quantitative estimate of drug-likeness (QED) is 0.370. The van der Waals surface area contributed by atoms with Crippen LogP contribution in [0.4, 0.5) is 0 Å². The molecule has 0 fully saturated rings. The van der Waals surface area contributed by atoms with Crippen LogP contribution in [-0.4, -0.2) is 46.1 Å². The zero-order valence-corrected chi connectivity index (χ0v) is 13.6. The van der Waals surface area contributed by atoms with Crippen LogP contribution in [0.1, 0.15) is 60.2 Å². The van der Waals surface area contributed by atoms with Gasteiger partial charge in [0.05, 0.1) is 0 Å². The van der Waals surface area contributed by atoms with Gasteiger partial charge in [-0.25, -0.2) is 0 Å². The Bertz CT molecular complexity index is 46.9. The van der Waals surface area contributed by atoms with Gasteiger partial charge in [0.15, 0.2) is 0 Å². The molecule has 0 aromatic carbocycles. The molecule has 0 aliphatic heterocycles. The topological polar surface area (TPSA) is 0 Å². The Morgan fingerprint density at radius 1 is 0.786 bits per heavy atom. The van der Waals surface area contributed by atoms with Gasteiger partial charge in [0, 0.05) is 0 Å². The van der Waals surface area contributed by atoms with Crippen molar-refractivity contribution < 1.29 is 1.43 Å². The number of hydrogen-bond donors (Lipinski definition) is 0. The Morgan fingerprint density at radius 2 is 1.07 bits per heavy atom. The molecule has 0 nitrogen and oxygen atoms in total. The molecule has 0 saturated carbocycles. The molecule has 0 radical (unpaired) electrons. The van der Waals surface area contributed by atoms with Gasteiger partial charge in [-0.2, -0.15) is 12.8 Å². The minimum absolute atomic E-state index is 0. The van der Waals surface area contributed by atoms with Crippen molar-refractivity contribution in [1.82, 2.24) is 0 Å². The molecule has 0 saturated heterocycles. The van der Waals surface area contributed by atoms with Gasteiger partial charge in [0.1, 0.15) is 0 Å². The van der Waals surface area contributed by atoms with Crippen molar-refractivity contribution in [2.24, 2.45) is 0 Å². The summed E-state index contributed by atoms with van der Waals surface area (Å²) in [4.78, 5) is 0. The van der Waals surface area contributed by atoms with Crippen molar-refractivity contribution in [3.63, 3.8) is 0 Å². The van der Waals surface area contributed by atoms with Crippen molar-refractivity contribution in [1.29, 1.82) is 0 Å². The van der Waals surface area contributed by atoms with E-state index in [2.05, 4.69) is 27.7 Å². The zero-order valence-electron chi connectivity index (χ0n) is 11.8. The van der Waals surface area contributed by atoms with E-state index in [1.165, 1.54) is 32.1 Å². The van der Waals surface area contributed by atoms with E-state index in [9.17, 15) is 0 Å². The minimum Gasteiger partial charge on any atom is -1.00 e. The Morgan fingerprint density at radius 3 is 1.14 bits per heavy atom. The van der Waals surface area contributed by atoms with Crippen LogP contribution in [0.15, 0.2) is 0 Å².